The number of amides is 1. The number of carbonyl (C=O) groups is 1. The molecule has 0 fully saturated rings. The minimum Gasteiger partial charge on any atom is -0.368 e. The molecule has 2 rings (SSSR count). The summed E-state index contributed by atoms with van der Waals surface area (Å²) in [5.74, 6) is -0.408. The zero-order valence-corrected chi connectivity index (χ0v) is 12.9. The average Bonchev–Trinajstić information content (AvgIpc) is 2.45. The average molecular weight is 303 g/mol. The molecular weight excluding hydrogens is 284 g/mol. The molecule has 3 N–H and O–H groups in total. The van der Waals surface area contributed by atoms with Crippen molar-refractivity contribution in [2.75, 3.05) is 5.32 Å². The van der Waals surface area contributed by atoms with Gasteiger partial charge in [-0.25, -0.2) is 0 Å². The second-order valence-electron chi connectivity index (χ2n) is 5.12. The third kappa shape index (κ3) is 3.19. The Morgan fingerprint density at radius 2 is 1.90 bits per heavy atom. The summed E-state index contributed by atoms with van der Waals surface area (Å²) < 4.78 is 0. The minimum atomic E-state index is -0.946. The molecular formula is C17H19ClN2O. The summed E-state index contributed by atoms with van der Waals surface area (Å²) in [6.07, 6.45) is 0.540. The molecule has 0 spiro atoms. The van der Waals surface area contributed by atoms with Crippen molar-refractivity contribution in [1.29, 1.82) is 0 Å². The molecule has 1 unspecified atom stereocenters. The maximum Gasteiger partial charge on any atom is 0.247 e. The van der Waals surface area contributed by atoms with Crippen molar-refractivity contribution in [3.63, 3.8) is 0 Å². The van der Waals surface area contributed by atoms with E-state index in [2.05, 4.69) is 5.32 Å². The Morgan fingerprint density at radius 1 is 1.24 bits per heavy atom. The lowest BCUT2D eigenvalue weighted by atomic mass is 9.85. The Morgan fingerprint density at radius 3 is 2.43 bits per heavy atom. The van der Waals surface area contributed by atoms with Gasteiger partial charge in [-0.05, 0) is 37.1 Å². The monoisotopic (exact) mass is 302 g/mol. The van der Waals surface area contributed by atoms with Gasteiger partial charge in [-0.1, -0.05) is 54.4 Å². The second-order valence-corrected chi connectivity index (χ2v) is 5.56. The molecule has 1 amide bonds. The van der Waals surface area contributed by atoms with Crippen molar-refractivity contribution in [1.82, 2.24) is 0 Å². The molecule has 0 aliphatic heterocycles. The van der Waals surface area contributed by atoms with Crippen molar-refractivity contribution in [3.05, 3.63) is 64.7 Å². The van der Waals surface area contributed by atoms with Gasteiger partial charge in [-0.15, -0.1) is 0 Å². The van der Waals surface area contributed by atoms with E-state index in [-0.39, 0.29) is 0 Å². The molecule has 0 heterocycles. The lowest BCUT2D eigenvalue weighted by Gasteiger charge is -2.32. The maximum absolute atomic E-state index is 12.2. The van der Waals surface area contributed by atoms with E-state index >= 15 is 0 Å². The fourth-order valence-electron chi connectivity index (χ4n) is 2.39. The summed E-state index contributed by atoms with van der Waals surface area (Å²) in [5.41, 5.74) is 7.51. The van der Waals surface area contributed by atoms with Crippen LogP contribution < -0.4 is 11.1 Å². The van der Waals surface area contributed by atoms with E-state index in [9.17, 15) is 4.79 Å². The van der Waals surface area contributed by atoms with Gasteiger partial charge in [-0.3, -0.25) is 4.79 Å². The van der Waals surface area contributed by atoms with Crippen LogP contribution in [0, 0.1) is 6.92 Å². The van der Waals surface area contributed by atoms with Gasteiger partial charge in [0, 0.05) is 10.7 Å². The third-order valence-electron chi connectivity index (χ3n) is 3.68. The molecule has 1 atom stereocenters. The molecule has 3 nitrogen and oxygen atoms in total. The first-order valence-corrected chi connectivity index (χ1v) is 7.26. The molecule has 21 heavy (non-hydrogen) atoms. The van der Waals surface area contributed by atoms with Gasteiger partial charge in [0.05, 0.1) is 0 Å². The van der Waals surface area contributed by atoms with Crippen LogP contribution in [0.1, 0.15) is 24.5 Å². The third-order valence-corrected chi connectivity index (χ3v) is 3.91. The summed E-state index contributed by atoms with van der Waals surface area (Å²) >= 11 is 6.01. The molecule has 0 aliphatic rings. The number of aryl methyl sites for hydroxylation is 1. The van der Waals surface area contributed by atoms with Gasteiger partial charge < -0.3 is 11.1 Å². The number of anilines is 1. The van der Waals surface area contributed by atoms with Crippen LogP contribution in [0.25, 0.3) is 0 Å². The highest BCUT2D eigenvalue weighted by molar-refractivity contribution is 6.30. The smallest absolute Gasteiger partial charge is 0.247 e. The Labute approximate surface area is 130 Å². The molecule has 0 bridgehead atoms. The topological polar surface area (TPSA) is 55.1 Å². The molecule has 110 valence electrons. The van der Waals surface area contributed by atoms with Crippen molar-refractivity contribution in [3.8, 4) is 0 Å². The normalized spacial score (nSPS) is 13.5. The summed E-state index contributed by atoms with van der Waals surface area (Å²) in [5, 5.41) is 3.87. The lowest BCUT2D eigenvalue weighted by molar-refractivity contribution is -0.122. The number of nitrogens with two attached hydrogens (primary N) is 1. The van der Waals surface area contributed by atoms with Crippen molar-refractivity contribution < 1.29 is 4.79 Å². The van der Waals surface area contributed by atoms with E-state index < -0.39 is 11.4 Å². The number of primary amides is 1. The van der Waals surface area contributed by atoms with E-state index in [0.717, 1.165) is 16.8 Å². The quantitative estimate of drug-likeness (QED) is 0.881. The number of hydrogen-bond donors (Lipinski definition) is 2. The highest BCUT2D eigenvalue weighted by Crippen LogP contribution is 2.31. The molecule has 0 radical (unpaired) electrons. The zero-order chi connectivity index (χ0) is 15.5. The molecule has 0 saturated carbocycles. The van der Waals surface area contributed by atoms with Gasteiger partial charge in [0.15, 0.2) is 0 Å². The SMILES string of the molecule is CCC(Nc1cccc(Cl)c1)(C(N)=O)c1ccc(C)cc1. The van der Waals surface area contributed by atoms with Crippen molar-refractivity contribution in [2.45, 2.75) is 25.8 Å². The van der Waals surface area contributed by atoms with E-state index in [0.29, 0.717) is 11.4 Å². The Balaban J connectivity index is 2.46. The van der Waals surface area contributed by atoms with E-state index in [1.807, 2.05) is 50.2 Å². The number of hydrogen-bond acceptors (Lipinski definition) is 2. The van der Waals surface area contributed by atoms with Crippen LogP contribution >= 0.6 is 11.6 Å². The van der Waals surface area contributed by atoms with Gasteiger partial charge in [0.25, 0.3) is 0 Å². The Bertz CT molecular complexity index is 639. The molecule has 0 saturated heterocycles. The van der Waals surface area contributed by atoms with Crippen molar-refractivity contribution >= 4 is 23.2 Å². The highest BCUT2D eigenvalue weighted by atomic mass is 35.5. The predicted molar refractivity (Wildman–Crippen MR) is 87.4 cm³/mol. The van der Waals surface area contributed by atoms with Gasteiger partial charge in [0.2, 0.25) is 5.91 Å². The summed E-state index contributed by atoms with van der Waals surface area (Å²) in [4.78, 5) is 12.2. The number of halogens is 1. The van der Waals surface area contributed by atoms with Crippen LogP contribution in [0.15, 0.2) is 48.5 Å². The first kappa shape index (κ1) is 15.4. The number of nitrogens with one attached hydrogen (secondary N) is 1. The summed E-state index contributed by atoms with van der Waals surface area (Å²) in [7, 11) is 0. The number of rotatable bonds is 5. The molecule has 0 aromatic heterocycles. The number of carbonyl (C=O) groups excluding carboxylic acids is 1. The summed E-state index contributed by atoms with van der Waals surface area (Å²) in [6, 6.07) is 15.1. The fraction of sp³-hybridized carbons (Fsp3) is 0.235. The lowest BCUT2D eigenvalue weighted by Crippen LogP contribution is -2.47. The Hall–Kier alpha value is -2.00. The largest absolute Gasteiger partial charge is 0.368 e. The molecule has 2 aromatic rings. The van der Waals surface area contributed by atoms with Crippen LogP contribution in [0.5, 0.6) is 0 Å². The van der Waals surface area contributed by atoms with E-state index in [4.69, 9.17) is 17.3 Å². The van der Waals surface area contributed by atoms with Crippen LogP contribution in [-0.2, 0) is 10.3 Å². The van der Waals surface area contributed by atoms with Crippen LogP contribution in [0.2, 0.25) is 5.02 Å². The van der Waals surface area contributed by atoms with Crippen LogP contribution in [0.4, 0.5) is 5.69 Å². The van der Waals surface area contributed by atoms with Crippen LogP contribution in [-0.4, -0.2) is 5.91 Å². The standard InChI is InChI=1S/C17H19ClN2O/c1-3-17(16(19)21,13-9-7-12(2)8-10-13)20-15-6-4-5-14(18)11-15/h4-11,20H,3H2,1-2H3,(H2,19,21). The van der Waals surface area contributed by atoms with E-state index in [1.165, 1.54) is 0 Å². The van der Waals surface area contributed by atoms with Gasteiger partial charge in [0.1, 0.15) is 5.54 Å². The van der Waals surface area contributed by atoms with Crippen LogP contribution in [0.3, 0.4) is 0 Å². The molecule has 2 aromatic carbocycles. The number of benzene rings is 2. The molecule has 4 heteroatoms. The zero-order valence-electron chi connectivity index (χ0n) is 12.2. The van der Waals surface area contributed by atoms with Crippen molar-refractivity contribution in [2.24, 2.45) is 5.73 Å². The van der Waals surface area contributed by atoms with Gasteiger partial charge >= 0.3 is 0 Å². The first-order chi connectivity index (χ1) is 9.98. The Kier molecular flexibility index (Phi) is 4.53. The maximum atomic E-state index is 12.2. The highest BCUT2D eigenvalue weighted by Gasteiger charge is 2.36. The first-order valence-electron chi connectivity index (χ1n) is 6.89. The molecule has 0 aliphatic carbocycles. The van der Waals surface area contributed by atoms with Gasteiger partial charge in [-0.2, -0.15) is 0 Å². The minimum absolute atomic E-state index is 0.408. The second kappa shape index (κ2) is 6.19. The van der Waals surface area contributed by atoms with E-state index in [1.54, 1.807) is 12.1 Å². The fourth-order valence-corrected chi connectivity index (χ4v) is 2.58. The summed E-state index contributed by atoms with van der Waals surface area (Å²) in [6.45, 7) is 3.94. The predicted octanol–water partition coefficient (Wildman–Crippen LogP) is 3.85.